The number of fused-ring (bicyclic) bond motifs is 3. The van der Waals surface area contributed by atoms with Crippen LogP contribution >= 0.6 is 0 Å². The number of amides is 1. The van der Waals surface area contributed by atoms with Crippen LogP contribution in [0.4, 0.5) is 5.69 Å². The number of hydrogen-bond acceptors (Lipinski definition) is 4. The van der Waals surface area contributed by atoms with Crippen molar-refractivity contribution >= 4 is 22.6 Å². The molecule has 1 aliphatic heterocycles. The molecule has 0 N–H and O–H groups in total. The molecule has 5 rings (SSSR count). The van der Waals surface area contributed by atoms with Crippen molar-refractivity contribution in [2.75, 3.05) is 11.4 Å². The number of rotatable bonds is 3. The lowest BCUT2D eigenvalue weighted by Gasteiger charge is -2.25. The van der Waals surface area contributed by atoms with E-state index in [0.29, 0.717) is 24.0 Å². The molecule has 2 aromatic heterocycles. The molecule has 0 bridgehead atoms. The maximum atomic E-state index is 13.4. The Kier molecular flexibility index (Phi) is 4.42. The molecule has 1 amide bonds. The molecular formula is C23H24N4O2. The number of para-hydroxylation sites is 1. The number of hydrogen-bond donors (Lipinski definition) is 0. The van der Waals surface area contributed by atoms with Crippen molar-refractivity contribution in [3.8, 4) is 0 Å². The summed E-state index contributed by atoms with van der Waals surface area (Å²) in [5.74, 6) is -0.0494. The largest absolute Gasteiger partial charge is 0.310 e. The van der Waals surface area contributed by atoms with E-state index in [-0.39, 0.29) is 11.5 Å². The van der Waals surface area contributed by atoms with Gasteiger partial charge in [0.1, 0.15) is 12.4 Å². The van der Waals surface area contributed by atoms with Crippen LogP contribution in [0.1, 0.15) is 49.0 Å². The zero-order chi connectivity index (χ0) is 20.0. The second-order valence-corrected chi connectivity index (χ2v) is 7.92. The van der Waals surface area contributed by atoms with E-state index in [1.54, 1.807) is 0 Å². The molecule has 1 aromatic carbocycles. The van der Waals surface area contributed by atoms with Crippen molar-refractivity contribution in [3.63, 3.8) is 0 Å². The smallest absolute Gasteiger partial charge is 0.263 e. The molecule has 148 valence electrons. The van der Waals surface area contributed by atoms with Crippen LogP contribution in [0, 0.1) is 0 Å². The van der Waals surface area contributed by atoms with Crippen molar-refractivity contribution in [2.24, 2.45) is 0 Å². The van der Waals surface area contributed by atoms with E-state index < -0.39 is 6.04 Å². The molecule has 6 nitrogen and oxygen atoms in total. The van der Waals surface area contributed by atoms with Crippen molar-refractivity contribution in [2.45, 2.75) is 51.5 Å². The van der Waals surface area contributed by atoms with Crippen LogP contribution < -0.4 is 10.5 Å². The first kappa shape index (κ1) is 18.0. The summed E-state index contributed by atoms with van der Waals surface area (Å²) in [6.07, 6.45) is 7.03. The minimum Gasteiger partial charge on any atom is -0.310 e. The Hall–Kier alpha value is -3.02. The van der Waals surface area contributed by atoms with Crippen molar-refractivity contribution in [1.29, 1.82) is 0 Å². The number of pyridine rings is 1. The zero-order valence-corrected chi connectivity index (χ0v) is 16.6. The van der Waals surface area contributed by atoms with E-state index in [1.807, 2.05) is 36.1 Å². The topological polar surface area (TPSA) is 68.1 Å². The van der Waals surface area contributed by atoms with E-state index in [1.165, 1.54) is 16.5 Å². The maximum absolute atomic E-state index is 13.4. The van der Waals surface area contributed by atoms with Gasteiger partial charge in [-0.2, -0.15) is 0 Å². The maximum Gasteiger partial charge on any atom is 0.263 e. The summed E-state index contributed by atoms with van der Waals surface area (Å²) in [6.45, 7) is 2.59. The lowest BCUT2D eigenvalue weighted by molar-refractivity contribution is -0.121. The van der Waals surface area contributed by atoms with Gasteiger partial charge >= 0.3 is 0 Å². The summed E-state index contributed by atoms with van der Waals surface area (Å²) in [4.78, 5) is 37.6. The summed E-state index contributed by atoms with van der Waals surface area (Å²) in [5, 5.41) is 0.515. The molecule has 0 radical (unpaired) electrons. The van der Waals surface area contributed by atoms with Crippen LogP contribution in [0.3, 0.4) is 0 Å². The Bertz CT molecular complexity index is 1170. The van der Waals surface area contributed by atoms with E-state index in [2.05, 4.69) is 16.0 Å². The van der Waals surface area contributed by atoms with Gasteiger partial charge in [0.05, 0.1) is 5.39 Å². The van der Waals surface area contributed by atoms with Gasteiger partial charge in [0.2, 0.25) is 5.91 Å². The lowest BCUT2D eigenvalue weighted by atomic mass is 9.95. The second kappa shape index (κ2) is 7.10. The third-order valence-corrected chi connectivity index (χ3v) is 6.21. The average Bonchev–Trinajstić information content (AvgIpc) is 3.19. The molecule has 3 aromatic rings. The van der Waals surface area contributed by atoms with Gasteiger partial charge in [-0.05, 0) is 61.8 Å². The van der Waals surface area contributed by atoms with Gasteiger partial charge in [-0.3, -0.25) is 14.2 Å². The monoisotopic (exact) mass is 388 g/mol. The quantitative estimate of drug-likeness (QED) is 0.691. The summed E-state index contributed by atoms with van der Waals surface area (Å²) in [5.41, 5.74) is 4.65. The Morgan fingerprint density at radius 1 is 1.14 bits per heavy atom. The fourth-order valence-electron chi connectivity index (χ4n) is 4.65. The number of anilines is 1. The molecule has 1 atom stereocenters. The Morgan fingerprint density at radius 3 is 2.83 bits per heavy atom. The number of aryl methyl sites for hydroxylation is 2. The highest BCUT2D eigenvalue weighted by atomic mass is 16.2. The molecule has 3 heterocycles. The number of carbonyl (C=O) groups is 1. The summed E-state index contributed by atoms with van der Waals surface area (Å²) >= 11 is 0. The van der Waals surface area contributed by atoms with Gasteiger partial charge < -0.3 is 4.90 Å². The fourth-order valence-corrected chi connectivity index (χ4v) is 4.65. The first-order chi connectivity index (χ1) is 14.2. The Labute approximate surface area is 169 Å². The summed E-state index contributed by atoms with van der Waals surface area (Å²) < 4.78 is 1.50. The van der Waals surface area contributed by atoms with Gasteiger partial charge in [0.25, 0.3) is 5.56 Å². The summed E-state index contributed by atoms with van der Waals surface area (Å²) in [7, 11) is 0. The van der Waals surface area contributed by atoms with Crippen molar-refractivity contribution < 1.29 is 4.79 Å². The standard InChI is InChI=1S/C23H24N4O2/c1-2-19(23(29)26-12-11-15-7-4-6-10-20(15)26)27-14-24-21-17(22(27)28)13-16-8-3-5-9-18(16)25-21/h4,6-7,10,13-14,19H,2-3,5,8-9,11-12H2,1H3. The predicted octanol–water partition coefficient (Wildman–Crippen LogP) is 3.21. The molecular weight excluding hydrogens is 364 g/mol. The molecule has 2 aliphatic rings. The first-order valence-corrected chi connectivity index (χ1v) is 10.5. The van der Waals surface area contributed by atoms with Crippen molar-refractivity contribution in [1.82, 2.24) is 14.5 Å². The Balaban J connectivity index is 1.56. The zero-order valence-electron chi connectivity index (χ0n) is 16.6. The van der Waals surface area contributed by atoms with E-state index in [9.17, 15) is 9.59 Å². The van der Waals surface area contributed by atoms with E-state index in [0.717, 1.165) is 49.0 Å². The fraction of sp³-hybridized carbons (Fsp3) is 0.391. The van der Waals surface area contributed by atoms with Gasteiger partial charge in [-0.1, -0.05) is 25.1 Å². The Morgan fingerprint density at radius 2 is 1.97 bits per heavy atom. The molecule has 0 saturated carbocycles. The molecule has 0 fully saturated rings. The number of benzene rings is 1. The van der Waals surface area contributed by atoms with Crippen LogP contribution in [-0.2, 0) is 24.1 Å². The average molecular weight is 388 g/mol. The molecule has 6 heteroatoms. The minimum atomic E-state index is -0.568. The van der Waals surface area contributed by atoms with Crippen LogP contribution in [-0.4, -0.2) is 27.0 Å². The van der Waals surface area contributed by atoms with Gasteiger partial charge in [-0.25, -0.2) is 9.97 Å². The predicted molar refractivity (Wildman–Crippen MR) is 112 cm³/mol. The van der Waals surface area contributed by atoms with Crippen LogP contribution in [0.5, 0.6) is 0 Å². The SMILES string of the molecule is CCC(C(=O)N1CCc2ccccc21)n1cnc2nc3c(cc2c1=O)CCCC3. The first-order valence-electron chi connectivity index (χ1n) is 10.5. The van der Waals surface area contributed by atoms with Crippen LogP contribution in [0.15, 0.2) is 41.5 Å². The highest BCUT2D eigenvalue weighted by Gasteiger charge is 2.31. The van der Waals surface area contributed by atoms with Gasteiger partial charge in [-0.15, -0.1) is 0 Å². The molecule has 0 spiro atoms. The van der Waals surface area contributed by atoms with Crippen molar-refractivity contribution in [3.05, 3.63) is 63.8 Å². The third kappa shape index (κ3) is 2.94. The summed E-state index contributed by atoms with van der Waals surface area (Å²) in [6, 6.07) is 9.36. The molecule has 1 aliphatic carbocycles. The molecule has 1 unspecified atom stereocenters. The lowest BCUT2D eigenvalue weighted by Crippen LogP contribution is -2.39. The second-order valence-electron chi connectivity index (χ2n) is 7.92. The van der Waals surface area contributed by atoms with Gasteiger partial charge in [0.15, 0.2) is 5.65 Å². The molecule has 0 saturated heterocycles. The highest BCUT2D eigenvalue weighted by Crippen LogP contribution is 2.30. The number of carbonyl (C=O) groups excluding carboxylic acids is 1. The van der Waals surface area contributed by atoms with Crippen LogP contribution in [0.2, 0.25) is 0 Å². The van der Waals surface area contributed by atoms with Crippen LogP contribution in [0.25, 0.3) is 11.0 Å². The highest BCUT2D eigenvalue weighted by molar-refractivity contribution is 5.98. The van der Waals surface area contributed by atoms with E-state index >= 15 is 0 Å². The van der Waals surface area contributed by atoms with E-state index in [4.69, 9.17) is 0 Å². The number of aromatic nitrogens is 3. The van der Waals surface area contributed by atoms with Gasteiger partial charge in [0, 0.05) is 17.9 Å². The minimum absolute atomic E-state index is 0.0494. The number of nitrogens with zero attached hydrogens (tertiary/aromatic N) is 4. The normalized spacial score (nSPS) is 16.5. The molecule has 29 heavy (non-hydrogen) atoms. The third-order valence-electron chi connectivity index (χ3n) is 6.21.